The summed E-state index contributed by atoms with van der Waals surface area (Å²) in [5.41, 5.74) is 0. The van der Waals surface area contributed by atoms with Gasteiger partial charge in [-0.05, 0) is 5.92 Å². The van der Waals surface area contributed by atoms with Crippen LogP contribution in [0, 0.1) is 5.92 Å². The summed E-state index contributed by atoms with van der Waals surface area (Å²) in [6.45, 7) is 6.61. The molecule has 0 bridgehead atoms. The van der Waals surface area contributed by atoms with Gasteiger partial charge in [-0.25, -0.2) is 8.42 Å². The van der Waals surface area contributed by atoms with Gasteiger partial charge in [0.1, 0.15) is 12.1 Å². The van der Waals surface area contributed by atoms with Crippen LogP contribution in [-0.2, 0) is 19.6 Å². The first kappa shape index (κ1) is 14.1. The Morgan fingerprint density at radius 3 is 2.41 bits per heavy atom. The summed E-state index contributed by atoms with van der Waals surface area (Å²) in [6.07, 6.45) is -1.16. The van der Waals surface area contributed by atoms with Gasteiger partial charge < -0.3 is 9.84 Å². The average molecular weight is 263 g/mol. The molecule has 0 aromatic rings. The van der Waals surface area contributed by atoms with Gasteiger partial charge in [-0.1, -0.05) is 20.4 Å². The number of hydrogen-bond donors (Lipinski definition) is 1. The first-order valence-corrected chi connectivity index (χ1v) is 6.64. The highest BCUT2D eigenvalue weighted by molar-refractivity contribution is 7.93. The number of β-amino-alcohol motifs (C(OH)–C–C–N with tert-alkyl or cyclic N) is 1. The number of ether oxygens (including phenoxy) is 1. The molecule has 1 heterocycles. The van der Waals surface area contributed by atoms with Crippen LogP contribution in [0.15, 0.2) is 11.5 Å². The lowest BCUT2D eigenvalue weighted by Gasteiger charge is -2.26. The van der Waals surface area contributed by atoms with Crippen molar-refractivity contribution in [1.82, 2.24) is 4.31 Å². The van der Waals surface area contributed by atoms with E-state index in [0.717, 1.165) is 4.31 Å². The fourth-order valence-corrected chi connectivity index (χ4v) is 3.48. The first-order chi connectivity index (χ1) is 7.73. The summed E-state index contributed by atoms with van der Waals surface area (Å²) in [5.74, 6) is -0.888. The Morgan fingerprint density at radius 1 is 1.59 bits per heavy atom. The number of carbonyl (C=O) groups excluding carboxylic acids is 1. The number of nitrogens with zero attached hydrogens (tertiary/aromatic N) is 1. The molecule has 1 rings (SSSR count). The van der Waals surface area contributed by atoms with E-state index in [1.54, 1.807) is 13.8 Å². The van der Waals surface area contributed by atoms with E-state index >= 15 is 0 Å². The maximum absolute atomic E-state index is 11.9. The predicted molar refractivity (Wildman–Crippen MR) is 61.4 cm³/mol. The second kappa shape index (κ2) is 4.75. The van der Waals surface area contributed by atoms with E-state index in [-0.39, 0.29) is 17.4 Å². The minimum atomic E-state index is -3.83. The third-order valence-electron chi connectivity index (χ3n) is 2.75. The molecule has 2 atom stereocenters. The zero-order valence-electron chi connectivity index (χ0n) is 10.1. The first-order valence-electron chi connectivity index (χ1n) is 5.20. The molecule has 7 heteroatoms. The number of hydrogen-bond acceptors (Lipinski definition) is 5. The van der Waals surface area contributed by atoms with Crippen LogP contribution >= 0.6 is 0 Å². The maximum atomic E-state index is 11.9. The highest BCUT2D eigenvalue weighted by Crippen LogP contribution is 2.29. The summed E-state index contributed by atoms with van der Waals surface area (Å²) in [5, 5.41) is 9.52. The maximum Gasteiger partial charge on any atom is 0.324 e. The Kier molecular flexibility index (Phi) is 3.95. The summed E-state index contributed by atoms with van der Waals surface area (Å²) in [7, 11) is -2.63. The molecule has 0 aromatic carbocycles. The lowest BCUT2D eigenvalue weighted by Crippen LogP contribution is -2.46. The van der Waals surface area contributed by atoms with Crippen molar-refractivity contribution in [3.8, 4) is 0 Å². The van der Waals surface area contributed by atoms with E-state index in [1.807, 2.05) is 0 Å². The molecule has 1 aliphatic rings. The number of aliphatic hydroxyl groups is 1. The molecule has 1 saturated heterocycles. The number of aliphatic hydroxyl groups excluding tert-OH is 1. The molecule has 98 valence electrons. The molecule has 0 spiro atoms. The van der Waals surface area contributed by atoms with Crippen LogP contribution in [0.5, 0.6) is 0 Å². The van der Waals surface area contributed by atoms with Crippen molar-refractivity contribution >= 4 is 16.0 Å². The topological polar surface area (TPSA) is 83.9 Å². The Labute approximate surface area is 101 Å². The average Bonchev–Trinajstić information content (AvgIpc) is 2.42. The normalized spacial score (nSPS) is 26.2. The van der Waals surface area contributed by atoms with Crippen LogP contribution in [0.4, 0.5) is 0 Å². The van der Waals surface area contributed by atoms with Crippen molar-refractivity contribution in [1.29, 1.82) is 0 Å². The smallest absolute Gasteiger partial charge is 0.324 e. The van der Waals surface area contributed by atoms with Crippen LogP contribution in [0.1, 0.15) is 13.8 Å². The molecule has 0 radical (unpaired) electrons. The van der Waals surface area contributed by atoms with Crippen molar-refractivity contribution in [3.05, 3.63) is 11.5 Å². The fraction of sp³-hybridized carbons (Fsp3) is 0.700. The Hall–Kier alpha value is -0.920. The predicted octanol–water partition coefficient (Wildman–Crippen LogP) is -0.296. The van der Waals surface area contributed by atoms with Crippen LogP contribution in [0.25, 0.3) is 0 Å². The van der Waals surface area contributed by atoms with E-state index in [4.69, 9.17) is 0 Å². The Morgan fingerprint density at radius 2 is 2.12 bits per heavy atom. The molecule has 0 amide bonds. The lowest BCUT2D eigenvalue weighted by atomic mass is 10.0. The van der Waals surface area contributed by atoms with Gasteiger partial charge in [0.2, 0.25) is 10.0 Å². The summed E-state index contributed by atoms with van der Waals surface area (Å²) < 4.78 is 29.4. The minimum Gasteiger partial charge on any atom is -0.468 e. The number of rotatable bonds is 3. The van der Waals surface area contributed by atoms with Crippen LogP contribution in [-0.4, -0.2) is 49.6 Å². The van der Waals surface area contributed by atoms with Gasteiger partial charge in [-0.15, -0.1) is 0 Å². The van der Waals surface area contributed by atoms with E-state index in [2.05, 4.69) is 11.3 Å². The largest absolute Gasteiger partial charge is 0.468 e. The number of carbonyl (C=O) groups is 1. The molecule has 0 aliphatic carbocycles. The van der Waals surface area contributed by atoms with Gasteiger partial charge in [0.15, 0.2) is 0 Å². The molecule has 1 fully saturated rings. The third-order valence-corrected chi connectivity index (χ3v) is 4.68. The molecule has 0 saturated carbocycles. The standard InChI is InChI=1S/C10H17NO5S/c1-6(2)9(10(13)16-4)11-5-8(12)7(3)17(11,14)15/h6,8-9,12H,3,5H2,1-2,4H3/t8-,9+/m0/s1. The quantitative estimate of drug-likeness (QED) is 0.707. The Balaban J connectivity index is 3.14. The monoisotopic (exact) mass is 263 g/mol. The Bertz CT molecular complexity index is 428. The van der Waals surface area contributed by atoms with Crippen LogP contribution in [0.2, 0.25) is 0 Å². The van der Waals surface area contributed by atoms with E-state index in [9.17, 15) is 18.3 Å². The number of sulfonamides is 1. The van der Waals surface area contributed by atoms with Crippen molar-refractivity contribution in [3.63, 3.8) is 0 Å². The zero-order valence-corrected chi connectivity index (χ0v) is 10.9. The SMILES string of the molecule is C=C1[C@@H](O)CN([C@@H](C(=O)OC)C(C)C)S1(=O)=O. The molecule has 1 N–H and O–H groups in total. The van der Waals surface area contributed by atoms with Gasteiger partial charge >= 0.3 is 5.97 Å². The van der Waals surface area contributed by atoms with Crippen LogP contribution < -0.4 is 0 Å². The second-order valence-corrected chi connectivity index (χ2v) is 6.21. The third kappa shape index (κ3) is 2.36. The van der Waals surface area contributed by atoms with Crippen LogP contribution in [0.3, 0.4) is 0 Å². The molecule has 1 aliphatic heterocycles. The zero-order chi connectivity index (χ0) is 13.4. The molecule has 0 aromatic heterocycles. The summed E-state index contributed by atoms with van der Waals surface area (Å²) >= 11 is 0. The fourth-order valence-electron chi connectivity index (χ4n) is 1.80. The molecule has 17 heavy (non-hydrogen) atoms. The molecular weight excluding hydrogens is 246 g/mol. The summed E-state index contributed by atoms with van der Waals surface area (Å²) in [6, 6.07) is -0.932. The number of esters is 1. The molecule has 0 unspecified atom stereocenters. The summed E-state index contributed by atoms with van der Waals surface area (Å²) in [4.78, 5) is 11.3. The van der Waals surface area contributed by atoms with Gasteiger partial charge in [0.05, 0.1) is 12.0 Å². The van der Waals surface area contributed by atoms with Crippen molar-refractivity contribution in [2.75, 3.05) is 13.7 Å². The van der Waals surface area contributed by atoms with E-state index in [0.29, 0.717) is 0 Å². The van der Waals surface area contributed by atoms with Gasteiger partial charge in [-0.3, -0.25) is 4.79 Å². The highest BCUT2D eigenvalue weighted by atomic mass is 32.2. The van der Waals surface area contributed by atoms with Crippen molar-refractivity contribution < 1.29 is 23.1 Å². The second-order valence-electron chi connectivity index (χ2n) is 4.27. The highest BCUT2D eigenvalue weighted by Gasteiger charge is 2.46. The molecular formula is C10H17NO5S. The van der Waals surface area contributed by atoms with Gasteiger partial charge in [0, 0.05) is 6.54 Å². The number of methoxy groups -OCH3 is 1. The van der Waals surface area contributed by atoms with Crippen molar-refractivity contribution in [2.24, 2.45) is 5.92 Å². The van der Waals surface area contributed by atoms with Crippen molar-refractivity contribution in [2.45, 2.75) is 26.0 Å². The van der Waals surface area contributed by atoms with E-state index < -0.39 is 28.1 Å². The van der Waals surface area contributed by atoms with Gasteiger partial charge in [0.25, 0.3) is 0 Å². The minimum absolute atomic E-state index is 0.154. The molecule has 6 nitrogen and oxygen atoms in total. The van der Waals surface area contributed by atoms with E-state index in [1.165, 1.54) is 7.11 Å². The lowest BCUT2D eigenvalue weighted by molar-refractivity contribution is -0.146. The van der Waals surface area contributed by atoms with Gasteiger partial charge in [-0.2, -0.15) is 4.31 Å².